The first-order chi connectivity index (χ1) is 15.7. The van der Waals surface area contributed by atoms with Crippen molar-refractivity contribution in [3.05, 3.63) is 72.1 Å². The van der Waals surface area contributed by atoms with Gasteiger partial charge in [-0.2, -0.15) is 5.10 Å². The zero-order valence-electron chi connectivity index (χ0n) is 19.0. The van der Waals surface area contributed by atoms with Crippen LogP contribution in [0, 0.1) is 0 Å². The molecule has 3 N–H and O–H groups in total. The van der Waals surface area contributed by atoms with Crippen LogP contribution in [-0.4, -0.2) is 51.7 Å². The molecule has 0 radical (unpaired) electrons. The highest BCUT2D eigenvalue weighted by Crippen LogP contribution is 2.24. The first kappa shape index (κ1) is 22.0. The van der Waals surface area contributed by atoms with Crippen molar-refractivity contribution in [1.29, 1.82) is 0 Å². The maximum Gasteiger partial charge on any atom is 0.191 e. The van der Waals surface area contributed by atoms with Gasteiger partial charge in [0.05, 0.1) is 6.54 Å². The number of benzene rings is 2. The SMILES string of the molecule is CCNC(=NCc1cccc(-c2ncn[nH]2)c1)NC1CCN(C(C)c2ccccc2)CC1. The molecule has 1 aliphatic rings. The number of aromatic nitrogens is 3. The van der Waals surface area contributed by atoms with Gasteiger partial charge in [-0.15, -0.1) is 0 Å². The molecule has 0 aliphatic carbocycles. The highest BCUT2D eigenvalue weighted by atomic mass is 15.2. The lowest BCUT2D eigenvalue weighted by Gasteiger charge is -2.37. The maximum absolute atomic E-state index is 4.84. The fourth-order valence-electron chi connectivity index (χ4n) is 4.22. The lowest BCUT2D eigenvalue weighted by molar-refractivity contribution is 0.158. The van der Waals surface area contributed by atoms with Crippen LogP contribution >= 0.6 is 0 Å². The van der Waals surface area contributed by atoms with Gasteiger partial charge in [0.1, 0.15) is 6.33 Å². The van der Waals surface area contributed by atoms with Crippen LogP contribution in [0.4, 0.5) is 0 Å². The van der Waals surface area contributed by atoms with E-state index in [1.807, 2.05) is 12.1 Å². The number of hydrogen-bond acceptors (Lipinski definition) is 4. The van der Waals surface area contributed by atoms with Gasteiger partial charge < -0.3 is 10.6 Å². The second kappa shape index (κ2) is 10.9. The lowest BCUT2D eigenvalue weighted by Crippen LogP contribution is -2.49. The Labute approximate surface area is 190 Å². The molecule has 3 aromatic rings. The van der Waals surface area contributed by atoms with E-state index >= 15 is 0 Å². The molecule has 1 aliphatic heterocycles. The second-order valence-electron chi connectivity index (χ2n) is 8.27. The maximum atomic E-state index is 4.84. The molecule has 1 atom stereocenters. The quantitative estimate of drug-likeness (QED) is 0.392. The third-order valence-electron chi connectivity index (χ3n) is 6.08. The normalized spacial score (nSPS) is 16.6. The Morgan fingerprint density at radius 1 is 1.16 bits per heavy atom. The lowest BCUT2D eigenvalue weighted by atomic mass is 10.0. The number of nitrogens with one attached hydrogen (secondary N) is 3. The number of likely N-dealkylation sites (tertiary alicyclic amines) is 1. The van der Waals surface area contributed by atoms with Gasteiger partial charge in [-0.25, -0.2) is 9.98 Å². The van der Waals surface area contributed by atoms with Crippen LogP contribution in [0.15, 0.2) is 65.9 Å². The number of guanidine groups is 1. The fraction of sp³-hybridized carbons (Fsp3) is 0.400. The summed E-state index contributed by atoms with van der Waals surface area (Å²) in [5.41, 5.74) is 3.55. The fourth-order valence-corrected chi connectivity index (χ4v) is 4.22. The van der Waals surface area contributed by atoms with Crippen molar-refractivity contribution in [3.8, 4) is 11.4 Å². The zero-order chi connectivity index (χ0) is 22.2. The molecular weight excluding hydrogens is 398 g/mol. The average molecular weight is 432 g/mol. The number of aliphatic imine (C=N–C) groups is 1. The van der Waals surface area contributed by atoms with Crippen molar-refractivity contribution in [2.75, 3.05) is 19.6 Å². The Morgan fingerprint density at radius 2 is 1.97 bits per heavy atom. The summed E-state index contributed by atoms with van der Waals surface area (Å²) in [6.45, 7) is 8.04. The summed E-state index contributed by atoms with van der Waals surface area (Å²) in [5.74, 6) is 1.66. The predicted molar refractivity (Wildman–Crippen MR) is 129 cm³/mol. The molecule has 2 aromatic carbocycles. The largest absolute Gasteiger partial charge is 0.357 e. The minimum absolute atomic E-state index is 0.438. The topological polar surface area (TPSA) is 81.2 Å². The van der Waals surface area contributed by atoms with Crippen molar-refractivity contribution in [1.82, 2.24) is 30.7 Å². The molecule has 0 bridgehead atoms. The van der Waals surface area contributed by atoms with Crippen molar-refractivity contribution in [2.24, 2.45) is 4.99 Å². The number of nitrogens with zero attached hydrogens (tertiary/aromatic N) is 4. The van der Waals surface area contributed by atoms with Crippen LogP contribution in [0.3, 0.4) is 0 Å². The summed E-state index contributed by atoms with van der Waals surface area (Å²) in [6.07, 6.45) is 3.75. The van der Waals surface area contributed by atoms with E-state index < -0.39 is 0 Å². The third-order valence-corrected chi connectivity index (χ3v) is 6.08. The Morgan fingerprint density at radius 3 is 2.69 bits per heavy atom. The van der Waals surface area contributed by atoms with Gasteiger partial charge in [-0.1, -0.05) is 48.5 Å². The number of aromatic amines is 1. The molecule has 7 heteroatoms. The summed E-state index contributed by atoms with van der Waals surface area (Å²) >= 11 is 0. The molecule has 2 heterocycles. The van der Waals surface area contributed by atoms with Crippen LogP contribution < -0.4 is 10.6 Å². The Bertz CT molecular complexity index is 977. The number of piperidine rings is 1. The highest BCUT2D eigenvalue weighted by Gasteiger charge is 2.24. The van der Waals surface area contributed by atoms with E-state index in [1.54, 1.807) is 0 Å². The molecule has 4 rings (SSSR count). The van der Waals surface area contributed by atoms with E-state index in [-0.39, 0.29) is 0 Å². The molecule has 0 amide bonds. The molecular formula is C25H33N7. The molecule has 0 saturated carbocycles. The van der Waals surface area contributed by atoms with E-state index in [9.17, 15) is 0 Å². The predicted octanol–water partition coefficient (Wildman–Crippen LogP) is 3.75. The van der Waals surface area contributed by atoms with Crippen molar-refractivity contribution in [2.45, 2.75) is 45.3 Å². The zero-order valence-corrected chi connectivity index (χ0v) is 19.0. The first-order valence-corrected chi connectivity index (χ1v) is 11.5. The van der Waals surface area contributed by atoms with Crippen molar-refractivity contribution < 1.29 is 0 Å². The summed E-state index contributed by atoms with van der Waals surface area (Å²) in [6, 6.07) is 19.9. The van der Waals surface area contributed by atoms with E-state index in [4.69, 9.17) is 4.99 Å². The molecule has 1 aromatic heterocycles. The van der Waals surface area contributed by atoms with Gasteiger partial charge in [-0.3, -0.25) is 10.00 Å². The number of rotatable bonds is 7. The molecule has 168 valence electrons. The van der Waals surface area contributed by atoms with E-state index in [1.165, 1.54) is 11.9 Å². The second-order valence-corrected chi connectivity index (χ2v) is 8.27. The Balaban J connectivity index is 1.33. The van der Waals surface area contributed by atoms with Gasteiger partial charge in [0.2, 0.25) is 0 Å². The third kappa shape index (κ3) is 5.73. The Kier molecular flexibility index (Phi) is 7.51. The first-order valence-electron chi connectivity index (χ1n) is 11.5. The molecule has 7 nitrogen and oxygen atoms in total. The summed E-state index contributed by atoms with van der Waals surface area (Å²) in [7, 11) is 0. The number of hydrogen-bond donors (Lipinski definition) is 3. The van der Waals surface area contributed by atoms with Crippen LogP contribution in [0.25, 0.3) is 11.4 Å². The van der Waals surface area contributed by atoms with E-state index in [0.717, 1.165) is 55.4 Å². The van der Waals surface area contributed by atoms with Crippen LogP contribution in [0.2, 0.25) is 0 Å². The monoisotopic (exact) mass is 431 g/mol. The molecule has 32 heavy (non-hydrogen) atoms. The Hall–Kier alpha value is -3.19. The molecule has 1 unspecified atom stereocenters. The van der Waals surface area contributed by atoms with Crippen molar-refractivity contribution >= 4 is 5.96 Å². The van der Waals surface area contributed by atoms with Crippen LogP contribution in [-0.2, 0) is 6.54 Å². The van der Waals surface area contributed by atoms with Gasteiger partial charge in [0, 0.05) is 37.3 Å². The van der Waals surface area contributed by atoms with Gasteiger partial charge in [0.15, 0.2) is 11.8 Å². The summed E-state index contributed by atoms with van der Waals surface area (Å²) in [5, 5.41) is 13.9. The molecule has 0 spiro atoms. The number of H-pyrrole nitrogens is 1. The van der Waals surface area contributed by atoms with Crippen LogP contribution in [0.5, 0.6) is 0 Å². The average Bonchev–Trinajstić information content (AvgIpc) is 3.39. The van der Waals surface area contributed by atoms with Gasteiger partial charge >= 0.3 is 0 Å². The minimum atomic E-state index is 0.438. The highest BCUT2D eigenvalue weighted by molar-refractivity contribution is 5.80. The van der Waals surface area contributed by atoms with Crippen LogP contribution in [0.1, 0.15) is 43.9 Å². The summed E-state index contributed by atoms with van der Waals surface area (Å²) in [4.78, 5) is 11.6. The van der Waals surface area contributed by atoms with Gasteiger partial charge in [-0.05, 0) is 43.9 Å². The summed E-state index contributed by atoms with van der Waals surface area (Å²) < 4.78 is 0. The van der Waals surface area contributed by atoms with E-state index in [0.29, 0.717) is 18.6 Å². The van der Waals surface area contributed by atoms with E-state index in [2.05, 4.69) is 87.0 Å². The van der Waals surface area contributed by atoms with Gasteiger partial charge in [0.25, 0.3) is 0 Å². The minimum Gasteiger partial charge on any atom is -0.357 e. The molecule has 1 saturated heterocycles. The smallest absolute Gasteiger partial charge is 0.191 e. The standard InChI is InChI=1S/C25H33N7/c1-3-26-25(27-17-20-8-7-11-22(16-20)24-28-18-29-31-24)30-23-12-14-32(15-13-23)19(2)21-9-5-4-6-10-21/h4-11,16,18-19,23H,3,12-15,17H2,1-2H3,(H2,26,27,30)(H,28,29,31). The van der Waals surface area contributed by atoms with Crippen molar-refractivity contribution in [3.63, 3.8) is 0 Å². The molecule has 1 fully saturated rings.